The zero-order valence-electron chi connectivity index (χ0n) is 19.5. The molecule has 9 heteroatoms. The van der Waals surface area contributed by atoms with Crippen molar-refractivity contribution < 1.29 is 28.5 Å². The average Bonchev–Trinajstić information content (AvgIpc) is 2.86. The van der Waals surface area contributed by atoms with Gasteiger partial charge in [0.1, 0.15) is 5.75 Å². The van der Waals surface area contributed by atoms with Crippen LogP contribution in [0, 0.1) is 5.92 Å². The highest BCUT2D eigenvalue weighted by Gasteiger charge is 2.25. The van der Waals surface area contributed by atoms with Crippen LogP contribution in [-0.4, -0.2) is 64.9 Å². The summed E-state index contributed by atoms with van der Waals surface area (Å²) in [5.74, 6) is 1.84. The van der Waals surface area contributed by atoms with Gasteiger partial charge < -0.3 is 34.5 Å². The lowest BCUT2D eigenvalue weighted by Crippen LogP contribution is -2.43. The molecule has 0 radical (unpaired) electrons. The highest BCUT2D eigenvalue weighted by atomic mass is 16.5. The largest absolute Gasteiger partial charge is 0.495 e. The van der Waals surface area contributed by atoms with Crippen LogP contribution in [-0.2, 0) is 0 Å². The lowest BCUT2D eigenvalue weighted by Gasteiger charge is -2.32. The van der Waals surface area contributed by atoms with Crippen molar-refractivity contribution in [2.75, 3.05) is 53.4 Å². The number of anilines is 1. The number of methoxy groups -OCH3 is 4. The van der Waals surface area contributed by atoms with E-state index in [9.17, 15) is 9.59 Å². The molecule has 2 aromatic rings. The number of para-hydroxylation sites is 2. The molecule has 0 unspecified atom stereocenters. The van der Waals surface area contributed by atoms with Crippen LogP contribution in [0.4, 0.5) is 10.5 Å². The molecule has 1 heterocycles. The van der Waals surface area contributed by atoms with Gasteiger partial charge in [-0.05, 0) is 43.0 Å². The molecule has 2 N–H and O–H groups in total. The molecule has 33 heavy (non-hydrogen) atoms. The maximum Gasteiger partial charge on any atom is 0.321 e. The number of carbonyl (C=O) groups excluding carboxylic acids is 2. The van der Waals surface area contributed by atoms with Crippen LogP contribution in [0.5, 0.6) is 23.0 Å². The van der Waals surface area contributed by atoms with Crippen molar-refractivity contribution in [2.24, 2.45) is 5.92 Å². The van der Waals surface area contributed by atoms with E-state index in [-0.39, 0.29) is 17.9 Å². The van der Waals surface area contributed by atoms with Gasteiger partial charge in [0.2, 0.25) is 5.75 Å². The first-order chi connectivity index (χ1) is 16.0. The Kier molecular flexibility index (Phi) is 8.23. The van der Waals surface area contributed by atoms with E-state index >= 15 is 0 Å². The first-order valence-electron chi connectivity index (χ1n) is 10.8. The van der Waals surface area contributed by atoms with E-state index in [4.69, 9.17) is 18.9 Å². The molecule has 0 bridgehead atoms. The molecule has 0 aromatic heterocycles. The number of nitrogens with one attached hydrogen (secondary N) is 2. The Hall–Kier alpha value is -3.62. The van der Waals surface area contributed by atoms with E-state index in [1.807, 2.05) is 12.1 Å². The molecule has 1 saturated heterocycles. The summed E-state index contributed by atoms with van der Waals surface area (Å²) in [6.07, 6.45) is 1.59. The maximum absolute atomic E-state index is 12.8. The van der Waals surface area contributed by atoms with Crippen molar-refractivity contribution in [1.82, 2.24) is 10.2 Å². The Labute approximate surface area is 193 Å². The molecule has 1 aliphatic rings. The van der Waals surface area contributed by atoms with Gasteiger partial charge in [0.15, 0.2) is 11.5 Å². The summed E-state index contributed by atoms with van der Waals surface area (Å²) in [7, 11) is 6.09. The van der Waals surface area contributed by atoms with E-state index in [0.29, 0.717) is 53.9 Å². The zero-order chi connectivity index (χ0) is 23.8. The molecule has 2 aromatic carbocycles. The molecule has 178 valence electrons. The molecule has 0 saturated carbocycles. The number of piperidine rings is 1. The van der Waals surface area contributed by atoms with Crippen LogP contribution < -0.4 is 29.6 Å². The standard InChI is InChI=1S/C24H31N3O6/c1-30-19-8-6-5-7-18(19)26-24(29)27-13-11-16(12-14-27)15-25-23(28)17-9-10-20(31-2)22(33-4)21(17)32-3/h5-10,16H,11-15H2,1-4H3,(H,25,28)(H,26,29). The topological polar surface area (TPSA) is 98.4 Å². The van der Waals surface area contributed by atoms with Gasteiger partial charge in [-0.1, -0.05) is 12.1 Å². The van der Waals surface area contributed by atoms with Crippen LogP contribution in [0.3, 0.4) is 0 Å². The van der Waals surface area contributed by atoms with Gasteiger partial charge in [0.05, 0.1) is 39.7 Å². The minimum Gasteiger partial charge on any atom is -0.495 e. The normalized spacial score (nSPS) is 13.8. The minimum atomic E-state index is -0.246. The van der Waals surface area contributed by atoms with Gasteiger partial charge in [0, 0.05) is 19.6 Å². The number of hydrogen-bond acceptors (Lipinski definition) is 6. The summed E-state index contributed by atoms with van der Waals surface area (Å²) < 4.78 is 21.3. The Morgan fingerprint density at radius 1 is 0.879 bits per heavy atom. The Balaban J connectivity index is 1.52. The quantitative estimate of drug-likeness (QED) is 0.631. The van der Waals surface area contributed by atoms with Gasteiger partial charge in [-0.3, -0.25) is 4.79 Å². The molecular formula is C24H31N3O6. The van der Waals surface area contributed by atoms with Crippen LogP contribution >= 0.6 is 0 Å². The number of nitrogens with zero attached hydrogens (tertiary/aromatic N) is 1. The maximum atomic E-state index is 12.8. The molecule has 1 fully saturated rings. The fourth-order valence-electron chi connectivity index (χ4n) is 3.89. The van der Waals surface area contributed by atoms with Crippen molar-refractivity contribution in [3.63, 3.8) is 0 Å². The van der Waals surface area contributed by atoms with E-state index in [2.05, 4.69) is 10.6 Å². The second-order valence-electron chi connectivity index (χ2n) is 7.65. The number of carbonyl (C=O) groups is 2. The highest BCUT2D eigenvalue weighted by molar-refractivity contribution is 5.98. The predicted molar refractivity (Wildman–Crippen MR) is 125 cm³/mol. The molecule has 3 amide bonds. The van der Waals surface area contributed by atoms with Crippen molar-refractivity contribution in [3.05, 3.63) is 42.0 Å². The Morgan fingerprint density at radius 2 is 1.55 bits per heavy atom. The molecule has 9 nitrogen and oxygen atoms in total. The molecular weight excluding hydrogens is 426 g/mol. The third kappa shape index (κ3) is 5.60. The number of urea groups is 1. The molecule has 3 rings (SSSR count). The summed E-state index contributed by atoms with van der Waals surface area (Å²) in [6, 6.07) is 10.5. The summed E-state index contributed by atoms with van der Waals surface area (Å²) in [5.41, 5.74) is 1.02. The Morgan fingerprint density at radius 3 is 2.18 bits per heavy atom. The van der Waals surface area contributed by atoms with E-state index in [0.717, 1.165) is 12.8 Å². The second kappa shape index (κ2) is 11.3. The number of likely N-dealkylation sites (tertiary alicyclic amines) is 1. The fourth-order valence-corrected chi connectivity index (χ4v) is 3.89. The summed E-state index contributed by atoms with van der Waals surface area (Å²) in [5, 5.41) is 5.89. The minimum absolute atomic E-state index is 0.156. The van der Waals surface area contributed by atoms with E-state index in [1.165, 1.54) is 21.3 Å². The Bertz CT molecular complexity index is 973. The lowest BCUT2D eigenvalue weighted by molar-refractivity contribution is 0.0935. The lowest BCUT2D eigenvalue weighted by atomic mass is 9.97. The predicted octanol–water partition coefficient (Wildman–Crippen LogP) is 3.39. The first-order valence-corrected chi connectivity index (χ1v) is 10.8. The monoisotopic (exact) mass is 457 g/mol. The van der Waals surface area contributed by atoms with Gasteiger partial charge in [-0.2, -0.15) is 0 Å². The van der Waals surface area contributed by atoms with Crippen molar-refractivity contribution in [3.8, 4) is 23.0 Å². The molecule has 0 aliphatic carbocycles. The van der Waals surface area contributed by atoms with E-state index < -0.39 is 0 Å². The number of hydrogen-bond donors (Lipinski definition) is 2. The van der Waals surface area contributed by atoms with E-state index in [1.54, 1.807) is 36.3 Å². The van der Waals surface area contributed by atoms with Crippen LogP contribution in [0.15, 0.2) is 36.4 Å². The van der Waals surface area contributed by atoms with Crippen LogP contribution in [0.25, 0.3) is 0 Å². The third-order valence-corrected chi connectivity index (χ3v) is 5.75. The van der Waals surface area contributed by atoms with Crippen LogP contribution in [0.2, 0.25) is 0 Å². The SMILES string of the molecule is COc1ccccc1NC(=O)N1CCC(CNC(=O)c2ccc(OC)c(OC)c2OC)CC1. The van der Waals surface area contributed by atoms with Gasteiger partial charge in [-0.25, -0.2) is 4.79 Å². The first kappa shape index (κ1) is 24.0. The number of benzene rings is 2. The van der Waals surface area contributed by atoms with Gasteiger partial charge in [0.25, 0.3) is 5.91 Å². The fraction of sp³-hybridized carbons (Fsp3) is 0.417. The average molecular weight is 458 g/mol. The summed E-state index contributed by atoms with van der Waals surface area (Å²) >= 11 is 0. The summed E-state index contributed by atoms with van der Waals surface area (Å²) in [4.78, 5) is 27.2. The smallest absolute Gasteiger partial charge is 0.321 e. The molecule has 0 atom stereocenters. The van der Waals surface area contributed by atoms with Crippen molar-refractivity contribution in [2.45, 2.75) is 12.8 Å². The molecule has 0 spiro atoms. The number of rotatable bonds is 8. The third-order valence-electron chi connectivity index (χ3n) is 5.75. The van der Waals surface area contributed by atoms with Crippen LogP contribution in [0.1, 0.15) is 23.2 Å². The second-order valence-corrected chi connectivity index (χ2v) is 7.65. The summed E-state index contributed by atoms with van der Waals surface area (Å²) in [6.45, 7) is 1.74. The van der Waals surface area contributed by atoms with Crippen molar-refractivity contribution in [1.29, 1.82) is 0 Å². The van der Waals surface area contributed by atoms with Gasteiger partial charge >= 0.3 is 6.03 Å². The van der Waals surface area contributed by atoms with Gasteiger partial charge in [-0.15, -0.1) is 0 Å². The highest BCUT2D eigenvalue weighted by Crippen LogP contribution is 2.39. The zero-order valence-corrected chi connectivity index (χ0v) is 19.5. The van der Waals surface area contributed by atoms with Crippen molar-refractivity contribution >= 4 is 17.6 Å². The number of ether oxygens (including phenoxy) is 4. The number of amides is 3. The molecule has 1 aliphatic heterocycles.